The number of imidazole rings is 1. The molecule has 2 atom stereocenters. The zero-order valence-electron chi connectivity index (χ0n) is 16.0. The molecule has 1 N–H and O–H groups in total. The zero-order valence-corrected chi connectivity index (χ0v) is 16.7. The van der Waals surface area contributed by atoms with Gasteiger partial charge in [-0.05, 0) is 38.3 Å². The van der Waals surface area contributed by atoms with E-state index in [1.165, 1.54) is 18.2 Å². The van der Waals surface area contributed by atoms with Crippen LogP contribution in [0.3, 0.4) is 0 Å². The van der Waals surface area contributed by atoms with Crippen molar-refractivity contribution in [3.05, 3.63) is 51.6 Å². The summed E-state index contributed by atoms with van der Waals surface area (Å²) in [4.78, 5) is 29.6. The normalized spacial score (nSPS) is 18.6. The number of aryl methyl sites for hydroxylation is 1. The van der Waals surface area contributed by atoms with Crippen LogP contribution in [0.1, 0.15) is 25.6 Å². The molecule has 1 amide bonds. The average Bonchev–Trinajstić information content (AvgIpc) is 3.07. The molecule has 2 aromatic rings. The van der Waals surface area contributed by atoms with Gasteiger partial charge in [-0.15, -0.1) is 0 Å². The molecule has 28 heavy (non-hydrogen) atoms. The van der Waals surface area contributed by atoms with Gasteiger partial charge in [0.15, 0.2) is 0 Å². The van der Waals surface area contributed by atoms with E-state index in [4.69, 9.17) is 11.6 Å². The van der Waals surface area contributed by atoms with Crippen molar-refractivity contribution in [3.8, 4) is 0 Å². The van der Waals surface area contributed by atoms with Crippen molar-refractivity contribution in [2.75, 3.05) is 18.4 Å². The second-order valence-corrected chi connectivity index (χ2v) is 7.66. The van der Waals surface area contributed by atoms with Gasteiger partial charge < -0.3 is 9.88 Å². The summed E-state index contributed by atoms with van der Waals surface area (Å²) in [5.41, 5.74) is 0.273. The van der Waals surface area contributed by atoms with Crippen molar-refractivity contribution < 1.29 is 9.72 Å². The summed E-state index contributed by atoms with van der Waals surface area (Å²) in [6.45, 7) is 3.56. The molecule has 0 radical (unpaired) electrons. The number of piperidine rings is 1. The number of nitrogens with zero attached hydrogens (tertiary/aromatic N) is 4. The molecule has 1 aromatic heterocycles. The number of benzene rings is 1. The van der Waals surface area contributed by atoms with Gasteiger partial charge in [0.05, 0.1) is 21.7 Å². The molecule has 0 aliphatic carbocycles. The smallest absolute Gasteiger partial charge is 0.271 e. The summed E-state index contributed by atoms with van der Waals surface area (Å²) in [6, 6.07) is 3.71. The Labute approximate surface area is 168 Å². The van der Waals surface area contributed by atoms with Crippen LogP contribution in [0.4, 0.5) is 11.4 Å². The standard InChI is InChI=1S/C19H24ClN5O3/c1-13(19(26)22-17-6-5-15(25(27)28)11-16(17)20)24-8-3-4-14(12-24)10-18-21-7-9-23(18)2/h5-7,9,11,13-14H,3-4,8,10,12H2,1-2H3,(H,22,26)/t13-,14-/m0/s1. The first-order valence-electron chi connectivity index (χ1n) is 9.30. The topological polar surface area (TPSA) is 93.3 Å². The minimum absolute atomic E-state index is 0.107. The number of aromatic nitrogens is 2. The maximum atomic E-state index is 12.7. The van der Waals surface area contributed by atoms with Gasteiger partial charge in [-0.1, -0.05) is 11.6 Å². The highest BCUT2D eigenvalue weighted by atomic mass is 35.5. The summed E-state index contributed by atoms with van der Waals surface area (Å²) in [7, 11) is 1.99. The summed E-state index contributed by atoms with van der Waals surface area (Å²) >= 11 is 6.08. The monoisotopic (exact) mass is 405 g/mol. The third-order valence-electron chi connectivity index (χ3n) is 5.29. The maximum absolute atomic E-state index is 12.7. The van der Waals surface area contributed by atoms with Gasteiger partial charge in [0.1, 0.15) is 5.82 Å². The number of non-ortho nitro benzene ring substituents is 1. The van der Waals surface area contributed by atoms with Crippen LogP contribution in [-0.2, 0) is 18.3 Å². The van der Waals surface area contributed by atoms with Crippen LogP contribution in [0, 0.1) is 16.0 Å². The van der Waals surface area contributed by atoms with E-state index in [1.54, 1.807) is 6.20 Å². The minimum Gasteiger partial charge on any atom is -0.338 e. The largest absolute Gasteiger partial charge is 0.338 e. The van der Waals surface area contributed by atoms with Crippen molar-refractivity contribution in [1.82, 2.24) is 14.5 Å². The molecule has 0 spiro atoms. The van der Waals surface area contributed by atoms with E-state index in [9.17, 15) is 14.9 Å². The average molecular weight is 406 g/mol. The molecule has 1 saturated heterocycles. The van der Waals surface area contributed by atoms with Crippen LogP contribution in [0.2, 0.25) is 5.02 Å². The Morgan fingerprint density at radius 1 is 1.50 bits per heavy atom. The molecule has 3 rings (SSSR count). The first-order chi connectivity index (χ1) is 13.3. The van der Waals surface area contributed by atoms with Crippen molar-refractivity contribution in [3.63, 3.8) is 0 Å². The van der Waals surface area contributed by atoms with Gasteiger partial charge in [-0.2, -0.15) is 0 Å². The molecule has 2 heterocycles. The molecule has 8 nitrogen and oxygen atoms in total. The Hall–Kier alpha value is -2.45. The second kappa shape index (κ2) is 8.70. The van der Waals surface area contributed by atoms with Crippen molar-refractivity contribution in [1.29, 1.82) is 0 Å². The molecule has 1 aromatic carbocycles. The molecule has 1 aliphatic heterocycles. The van der Waals surface area contributed by atoms with Crippen LogP contribution >= 0.6 is 11.6 Å². The van der Waals surface area contributed by atoms with E-state index >= 15 is 0 Å². The highest BCUT2D eigenvalue weighted by Gasteiger charge is 2.28. The minimum atomic E-state index is -0.518. The summed E-state index contributed by atoms with van der Waals surface area (Å²) in [5.74, 6) is 1.34. The molecule has 1 fully saturated rings. The lowest BCUT2D eigenvalue weighted by molar-refractivity contribution is -0.384. The van der Waals surface area contributed by atoms with E-state index in [0.29, 0.717) is 11.6 Å². The Morgan fingerprint density at radius 3 is 2.93 bits per heavy atom. The van der Waals surface area contributed by atoms with Gasteiger partial charge in [0.2, 0.25) is 5.91 Å². The summed E-state index contributed by atoms with van der Waals surface area (Å²) < 4.78 is 2.03. The van der Waals surface area contributed by atoms with Gasteiger partial charge in [-0.25, -0.2) is 4.98 Å². The molecule has 1 aliphatic rings. The first-order valence-corrected chi connectivity index (χ1v) is 9.68. The lowest BCUT2D eigenvalue weighted by atomic mass is 9.93. The van der Waals surface area contributed by atoms with Crippen LogP contribution < -0.4 is 5.32 Å². The second-order valence-electron chi connectivity index (χ2n) is 7.25. The Balaban J connectivity index is 1.61. The number of amides is 1. The number of likely N-dealkylation sites (tertiary alicyclic amines) is 1. The number of carbonyl (C=O) groups excluding carboxylic acids is 1. The lowest BCUT2D eigenvalue weighted by Gasteiger charge is -2.36. The molecule has 150 valence electrons. The van der Waals surface area contributed by atoms with Crippen molar-refractivity contribution in [2.24, 2.45) is 13.0 Å². The first kappa shape index (κ1) is 20.3. The van der Waals surface area contributed by atoms with Crippen molar-refractivity contribution in [2.45, 2.75) is 32.2 Å². The van der Waals surface area contributed by atoms with Gasteiger partial charge >= 0.3 is 0 Å². The van der Waals surface area contributed by atoms with E-state index < -0.39 is 4.92 Å². The fourth-order valence-corrected chi connectivity index (χ4v) is 3.81. The maximum Gasteiger partial charge on any atom is 0.271 e. The van der Waals surface area contributed by atoms with Gasteiger partial charge in [-0.3, -0.25) is 19.8 Å². The molecule has 0 bridgehead atoms. The number of halogens is 1. The zero-order chi connectivity index (χ0) is 20.3. The molecular formula is C19H24ClN5O3. The number of hydrogen-bond acceptors (Lipinski definition) is 5. The van der Waals surface area contributed by atoms with E-state index in [0.717, 1.165) is 38.2 Å². The predicted octanol–water partition coefficient (Wildman–Crippen LogP) is 3.26. The Bertz CT molecular complexity index is 869. The number of rotatable bonds is 6. The van der Waals surface area contributed by atoms with Crippen LogP contribution in [-0.4, -0.2) is 44.4 Å². The number of hydrogen-bond donors (Lipinski definition) is 1. The lowest BCUT2D eigenvalue weighted by Crippen LogP contribution is -2.47. The van der Waals surface area contributed by atoms with Crippen LogP contribution in [0.5, 0.6) is 0 Å². The van der Waals surface area contributed by atoms with Crippen LogP contribution in [0.15, 0.2) is 30.6 Å². The number of anilines is 1. The SMILES string of the molecule is C[C@@H](C(=O)Nc1ccc([N+](=O)[O-])cc1Cl)N1CCC[C@@H](Cc2nccn2C)C1. The highest BCUT2D eigenvalue weighted by molar-refractivity contribution is 6.34. The Kier molecular flexibility index (Phi) is 6.31. The van der Waals surface area contributed by atoms with E-state index in [-0.39, 0.29) is 22.7 Å². The fraction of sp³-hybridized carbons (Fsp3) is 0.474. The van der Waals surface area contributed by atoms with E-state index in [2.05, 4.69) is 15.2 Å². The predicted molar refractivity (Wildman–Crippen MR) is 107 cm³/mol. The van der Waals surface area contributed by atoms with Gasteiger partial charge in [0.25, 0.3) is 5.69 Å². The summed E-state index contributed by atoms with van der Waals surface area (Å²) in [6.07, 6.45) is 6.79. The highest BCUT2D eigenvalue weighted by Crippen LogP contribution is 2.27. The molecule has 0 unspecified atom stereocenters. The molecule has 0 saturated carbocycles. The number of carbonyl (C=O) groups is 1. The third-order valence-corrected chi connectivity index (χ3v) is 5.60. The quantitative estimate of drug-likeness (QED) is 0.588. The number of nitro benzene ring substituents is 1. The van der Waals surface area contributed by atoms with Crippen molar-refractivity contribution >= 4 is 28.9 Å². The summed E-state index contributed by atoms with van der Waals surface area (Å²) in [5, 5.41) is 13.8. The fourth-order valence-electron chi connectivity index (χ4n) is 3.59. The number of nitrogens with one attached hydrogen (secondary N) is 1. The van der Waals surface area contributed by atoms with E-state index in [1.807, 2.05) is 24.7 Å². The van der Waals surface area contributed by atoms with Crippen LogP contribution in [0.25, 0.3) is 0 Å². The third kappa shape index (κ3) is 4.69. The molecule has 9 heteroatoms. The molecular weight excluding hydrogens is 382 g/mol. The number of nitro groups is 1. The Morgan fingerprint density at radius 2 is 2.29 bits per heavy atom. The van der Waals surface area contributed by atoms with Gasteiger partial charge in [0, 0.05) is 44.5 Å².